The predicted octanol–water partition coefficient (Wildman–Crippen LogP) is 2.78. The fraction of sp³-hybridized carbons (Fsp3) is 0.167. The van der Waals surface area contributed by atoms with E-state index in [0.717, 1.165) is 0 Å². The number of nitrogens with one attached hydrogen (secondary N) is 2. The molecule has 0 bridgehead atoms. The van der Waals surface area contributed by atoms with Crippen LogP contribution in [0.4, 0.5) is 11.8 Å². The molecule has 88 valence electrons. The van der Waals surface area contributed by atoms with Crippen LogP contribution in [0.15, 0.2) is 36.4 Å². The van der Waals surface area contributed by atoms with Gasteiger partial charge in [-0.05, 0) is 5.56 Å². The maximum absolute atomic E-state index is 5.88. The Morgan fingerprint density at radius 2 is 1.94 bits per heavy atom. The zero-order valence-corrected chi connectivity index (χ0v) is 10.2. The van der Waals surface area contributed by atoms with Crippen molar-refractivity contribution in [3.63, 3.8) is 0 Å². The van der Waals surface area contributed by atoms with Gasteiger partial charge in [0.25, 0.3) is 0 Å². The van der Waals surface area contributed by atoms with Gasteiger partial charge in [-0.15, -0.1) is 0 Å². The van der Waals surface area contributed by atoms with Gasteiger partial charge in [-0.1, -0.05) is 41.9 Å². The van der Waals surface area contributed by atoms with Crippen LogP contribution in [0, 0.1) is 0 Å². The number of rotatable bonds is 4. The van der Waals surface area contributed by atoms with Crippen molar-refractivity contribution in [2.24, 2.45) is 0 Å². The van der Waals surface area contributed by atoms with E-state index in [9.17, 15) is 0 Å². The van der Waals surface area contributed by atoms with Crippen LogP contribution in [-0.2, 0) is 6.54 Å². The van der Waals surface area contributed by atoms with Gasteiger partial charge >= 0.3 is 0 Å². The van der Waals surface area contributed by atoms with Crippen LogP contribution < -0.4 is 10.6 Å². The Hall–Kier alpha value is -1.81. The predicted molar refractivity (Wildman–Crippen MR) is 70.4 cm³/mol. The molecule has 2 N–H and O–H groups in total. The molecule has 0 fully saturated rings. The lowest BCUT2D eigenvalue weighted by Crippen LogP contribution is -2.04. The minimum atomic E-state index is 0.417. The Bertz CT molecular complexity index is 487. The van der Waals surface area contributed by atoms with Gasteiger partial charge in [-0.25, -0.2) is 4.98 Å². The molecule has 0 amide bonds. The monoisotopic (exact) mass is 248 g/mol. The first kappa shape index (κ1) is 11.7. The standard InChI is InChI=1S/C12H13ClN4/c1-14-12-16-10(13)7-11(17-12)15-8-9-5-3-2-4-6-9/h2-7H,8H2,1H3,(H2,14,15,16,17). The third-order valence-electron chi connectivity index (χ3n) is 2.23. The van der Waals surface area contributed by atoms with Crippen LogP contribution >= 0.6 is 11.6 Å². The van der Waals surface area contributed by atoms with Crippen LogP contribution in [0.5, 0.6) is 0 Å². The van der Waals surface area contributed by atoms with Crippen LogP contribution in [0.25, 0.3) is 0 Å². The Morgan fingerprint density at radius 3 is 2.65 bits per heavy atom. The van der Waals surface area contributed by atoms with Crippen LogP contribution in [0.3, 0.4) is 0 Å². The van der Waals surface area contributed by atoms with E-state index in [1.165, 1.54) is 5.56 Å². The number of nitrogens with zero attached hydrogens (tertiary/aromatic N) is 2. The number of halogens is 1. The van der Waals surface area contributed by atoms with E-state index in [1.54, 1.807) is 13.1 Å². The van der Waals surface area contributed by atoms with Crippen LogP contribution in [-0.4, -0.2) is 17.0 Å². The van der Waals surface area contributed by atoms with Gasteiger partial charge < -0.3 is 10.6 Å². The summed E-state index contributed by atoms with van der Waals surface area (Å²) in [5.74, 6) is 1.21. The van der Waals surface area contributed by atoms with Gasteiger partial charge in [0, 0.05) is 19.7 Å². The van der Waals surface area contributed by atoms with E-state index < -0.39 is 0 Å². The van der Waals surface area contributed by atoms with E-state index in [0.29, 0.717) is 23.5 Å². The summed E-state index contributed by atoms with van der Waals surface area (Å²) in [6.45, 7) is 0.706. The van der Waals surface area contributed by atoms with E-state index in [1.807, 2.05) is 18.2 Å². The summed E-state index contributed by atoms with van der Waals surface area (Å²) in [6.07, 6.45) is 0. The molecular formula is C12H13ClN4. The number of hydrogen-bond donors (Lipinski definition) is 2. The second-order valence-electron chi connectivity index (χ2n) is 3.49. The minimum absolute atomic E-state index is 0.417. The SMILES string of the molecule is CNc1nc(Cl)cc(NCc2ccccc2)n1. The molecule has 1 heterocycles. The highest BCUT2D eigenvalue weighted by molar-refractivity contribution is 6.29. The van der Waals surface area contributed by atoms with Crippen molar-refractivity contribution in [3.05, 3.63) is 47.1 Å². The fourth-order valence-corrected chi connectivity index (χ4v) is 1.59. The summed E-state index contributed by atoms with van der Waals surface area (Å²) in [5, 5.41) is 6.48. The molecule has 0 unspecified atom stereocenters. The molecule has 17 heavy (non-hydrogen) atoms. The van der Waals surface area contributed by atoms with E-state index in [4.69, 9.17) is 11.6 Å². The Balaban J connectivity index is 2.06. The smallest absolute Gasteiger partial charge is 0.225 e. The van der Waals surface area contributed by atoms with Gasteiger partial charge in [-0.2, -0.15) is 4.98 Å². The second-order valence-corrected chi connectivity index (χ2v) is 3.88. The molecule has 0 saturated heterocycles. The molecule has 5 heteroatoms. The van der Waals surface area contributed by atoms with Gasteiger partial charge in [-0.3, -0.25) is 0 Å². The average molecular weight is 249 g/mol. The quantitative estimate of drug-likeness (QED) is 0.817. The summed E-state index contributed by atoms with van der Waals surface area (Å²) in [6, 6.07) is 11.8. The van der Waals surface area contributed by atoms with Crippen molar-refractivity contribution < 1.29 is 0 Å². The molecule has 4 nitrogen and oxygen atoms in total. The van der Waals surface area contributed by atoms with Crippen molar-refractivity contribution in [3.8, 4) is 0 Å². The molecule has 0 aliphatic heterocycles. The van der Waals surface area contributed by atoms with Crippen molar-refractivity contribution in [1.29, 1.82) is 0 Å². The van der Waals surface area contributed by atoms with Gasteiger partial charge in [0.2, 0.25) is 5.95 Å². The molecule has 2 aromatic rings. The Morgan fingerprint density at radius 1 is 1.18 bits per heavy atom. The molecule has 0 atom stereocenters. The molecule has 2 rings (SSSR count). The third-order valence-corrected chi connectivity index (χ3v) is 2.43. The molecule has 1 aromatic carbocycles. The zero-order valence-electron chi connectivity index (χ0n) is 9.44. The van der Waals surface area contributed by atoms with Crippen molar-refractivity contribution in [1.82, 2.24) is 9.97 Å². The zero-order chi connectivity index (χ0) is 12.1. The van der Waals surface area contributed by atoms with Gasteiger partial charge in [0.15, 0.2) is 0 Å². The highest BCUT2D eigenvalue weighted by Crippen LogP contribution is 2.14. The molecule has 0 radical (unpaired) electrons. The fourth-order valence-electron chi connectivity index (χ4n) is 1.41. The van der Waals surface area contributed by atoms with Crippen molar-refractivity contribution >= 4 is 23.4 Å². The average Bonchev–Trinajstić information content (AvgIpc) is 2.37. The van der Waals surface area contributed by atoms with Crippen molar-refractivity contribution in [2.75, 3.05) is 17.7 Å². The normalized spacial score (nSPS) is 10.0. The van der Waals surface area contributed by atoms with Crippen molar-refractivity contribution in [2.45, 2.75) is 6.54 Å². The minimum Gasteiger partial charge on any atom is -0.366 e. The lowest BCUT2D eigenvalue weighted by Gasteiger charge is -2.07. The number of anilines is 2. The maximum atomic E-state index is 5.88. The highest BCUT2D eigenvalue weighted by atomic mass is 35.5. The molecular weight excluding hydrogens is 236 g/mol. The lowest BCUT2D eigenvalue weighted by molar-refractivity contribution is 1.08. The first-order valence-corrected chi connectivity index (χ1v) is 5.66. The summed E-state index contributed by atoms with van der Waals surface area (Å²) in [5.41, 5.74) is 1.19. The first-order chi connectivity index (χ1) is 8.28. The topological polar surface area (TPSA) is 49.8 Å². The molecule has 1 aromatic heterocycles. The Kier molecular flexibility index (Phi) is 3.77. The highest BCUT2D eigenvalue weighted by Gasteiger charge is 2.01. The lowest BCUT2D eigenvalue weighted by atomic mass is 10.2. The first-order valence-electron chi connectivity index (χ1n) is 5.28. The summed E-state index contributed by atoms with van der Waals surface area (Å²) >= 11 is 5.88. The molecule has 0 aliphatic carbocycles. The summed E-state index contributed by atoms with van der Waals surface area (Å²) < 4.78 is 0. The molecule has 0 saturated carbocycles. The number of benzene rings is 1. The molecule has 0 spiro atoms. The second kappa shape index (κ2) is 5.50. The third kappa shape index (κ3) is 3.32. The van der Waals surface area contributed by atoms with Crippen LogP contribution in [0.1, 0.15) is 5.56 Å². The molecule has 0 aliphatic rings. The largest absolute Gasteiger partial charge is 0.366 e. The van der Waals surface area contributed by atoms with Gasteiger partial charge in [0.05, 0.1) is 0 Å². The van der Waals surface area contributed by atoms with E-state index in [-0.39, 0.29) is 0 Å². The van der Waals surface area contributed by atoms with Gasteiger partial charge in [0.1, 0.15) is 11.0 Å². The van der Waals surface area contributed by atoms with E-state index in [2.05, 4.69) is 32.7 Å². The van der Waals surface area contributed by atoms with E-state index >= 15 is 0 Å². The maximum Gasteiger partial charge on any atom is 0.225 e. The number of aromatic nitrogens is 2. The van der Waals surface area contributed by atoms with Crippen LogP contribution in [0.2, 0.25) is 5.15 Å². The number of hydrogen-bond acceptors (Lipinski definition) is 4. The Labute approximate surface area is 105 Å². The summed E-state index contributed by atoms with van der Waals surface area (Å²) in [7, 11) is 1.76. The summed E-state index contributed by atoms with van der Waals surface area (Å²) in [4.78, 5) is 8.26.